The average Bonchev–Trinajstić information content (AvgIpc) is 2.71. The molecule has 1 aromatic carbocycles. The second-order valence-corrected chi connectivity index (χ2v) is 5.62. The normalized spacial score (nSPS) is 10.3. The maximum Gasteiger partial charge on any atom is 0.249 e. The number of methoxy groups -OCH3 is 1. The number of hydrazone groups is 1. The second kappa shape index (κ2) is 11.1. The summed E-state index contributed by atoms with van der Waals surface area (Å²) in [5.41, 5.74) is 3.87. The fraction of sp³-hybridized carbons (Fsp3) is 0.200. The first kappa shape index (κ1) is 20.6. The van der Waals surface area contributed by atoms with Gasteiger partial charge in [-0.15, -0.1) is 0 Å². The number of aromatic nitrogens is 1. The predicted octanol–water partition coefficient (Wildman–Crippen LogP) is 1.81. The van der Waals surface area contributed by atoms with Crippen molar-refractivity contribution in [2.75, 3.05) is 13.7 Å². The fourth-order valence-corrected chi connectivity index (χ4v) is 2.16. The van der Waals surface area contributed by atoms with Crippen LogP contribution in [0.15, 0.2) is 60.5 Å². The Hall–Kier alpha value is -3.68. The number of benzene rings is 1. The Bertz CT molecular complexity index is 837. The summed E-state index contributed by atoms with van der Waals surface area (Å²) in [4.78, 5) is 27.5. The summed E-state index contributed by atoms with van der Waals surface area (Å²) in [6, 6.07) is 8.82. The van der Waals surface area contributed by atoms with Crippen LogP contribution in [0.1, 0.15) is 17.5 Å². The van der Waals surface area contributed by atoms with Crippen LogP contribution in [0.5, 0.6) is 11.5 Å². The van der Waals surface area contributed by atoms with Gasteiger partial charge in [0.05, 0.1) is 13.3 Å². The zero-order valence-electron chi connectivity index (χ0n) is 15.6. The number of carbonyl (C=O) groups excluding carboxylic acids is 2. The van der Waals surface area contributed by atoms with Crippen molar-refractivity contribution >= 4 is 18.0 Å². The Morgan fingerprint density at radius 2 is 2.11 bits per heavy atom. The van der Waals surface area contributed by atoms with Gasteiger partial charge in [0.15, 0.2) is 11.5 Å². The van der Waals surface area contributed by atoms with Gasteiger partial charge in [-0.2, -0.15) is 5.10 Å². The number of pyridine rings is 1. The van der Waals surface area contributed by atoms with Gasteiger partial charge in [-0.05, 0) is 35.4 Å². The summed E-state index contributed by atoms with van der Waals surface area (Å²) in [7, 11) is 1.53. The molecule has 8 heteroatoms. The zero-order chi connectivity index (χ0) is 20.2. The first-order chi connectivity index (χ1) is 13.6. The molecule has 2 N–H and O–H groups in total. The molecule has 0 radical (unpaired) electrons. The number of nitrogens with one attached hydrogen (secondary N) is 2. The van der Waals surface area contributed by atoms with Crippen LogP contribution in [0.3, 0.4) is 0 Å². The minimum absolute atomic E-state index is 0.309. The molecule has 1 aromatic heterocycles. The molecule has 0 spiro atoms. The molecule has 146 valence electrons. The number of amides is 2. The average molecular weight is 382 g/mol. The number of nitrogens with zero attached hydrogens (tertiary/aromatic N) is 2. The van der Waals surface area contributed by atoms with E-state index in [0.29, 0.717) is 30.2 Å². The highest BCUT2D eigenvalue weighted by Gasteiger charge is 2.08. The van der Waals surface area contributed by atoms with Crippen LogP contribution in [-0.2, 0) is 16.1 Å². The lowest BCUT2D eigenvalue weighted by atomic mass is 10.2. The van der Waals surface area contributed by atoms with E-state index in [9.17, 15) is 9.59 Å². The third kappa shape index (κ3) is 6.91. The van der Waals surface area contributed by atoms with Crippen molar-refractivity contribution in [3.05, 3.63) is 66.5 Å². The van der Waals surface area contributed by atoms with Crippen LogP contribution in [-0.4, -0.2) is 36.7 Å². The molecule has 8 nitrogen and oxygen atoms in total. The molecule has 0 saturated carbocycles. The van der Waals surface area contributed by atoms with Gasteiger partial charge >= 0.3 is 0 Å². The van der Waals surface area contributed by atoms with E-state index in [4.69, 9.17) is 9.47 Å². The van der Waals surface area contributed by atoms with Gasteiger partial charge in [0.25, 0.3) is 0 Å². The summed E-state index contributed by atoms with van der Waals surface area (Å²) < 4.78 is 10.7. The molecule has 0 aliphatic carbocycles. The van der Waals surface area contributed by atoms with Gasteiger partial charge in [0, 0.05) is 18.9 Å². The molecule has 0 aliphatic heterocycles. The van der Waals surface area contributed by atoms with E-state index in [1.165, 1.54) is 13.3 Å². The molecule has 2 rings (SSSR count). The topological polar surface area (TPSA) is 102 Å². The van der Waals surface area contributed by atoms with Crippen molar-refractivity contribution in [1.82, 2.24) is 15.7 Å². The summed E-state index contributed by atoms with van der Waals surface area (Å²) in [6.45, 7) is 4.27. The third-order valence-corrected chi connectivity index (χ3v) is 3.48. The van der Waals surface area contributed by atoms with Crippen molar-refractivity contribution in [2.45, 2.75) is 13.0 Å². The number of carbonyl (C=O) groups is 2. The van der Waals surface area contributed by atoms with E-state index < -0.39 is 11.8 Å². The summed E-state index contributed by atoms with van der Waals surface area (Å²) in [5, 5.41) is 6.50. The summed E-state index contributed by atoms with van der Waals surface area (Å²) in [6.07, 6.45) is 6.05. The Kier molecular flexibility index (Phi) is 8.19. The first-order valence-electron chi connectivity index (χ1n) is 8.51. The van der Waals surface area contributed by atoms with Crippen LogP contribution >= 0.6 is 0 Å². The molecule has 0 fully saturated rings. The van der Waals surface area contributed by atoms with Crippen LogP contribution in [0, 0.1) is 0 Å². The highest BCUT2D eigenvalue weighted by Crippen LogP contribution is 2.27. The summed E-state index contributed by atoms with van der Waals surface area (Å²) >= 11 is 0. The molecule has 0 bridgehead atoms. The smallest absolute Gasteiger partial charge is 0.249 e. The molecular weight excluding hydrogens is 360 g/mol. The molecule has 28 heavy (non-hydrogen) atoms. The van der Waals surface area contributed by atoms with Crippen LogP contribution in [0.4, 0.5) is 0 Å². The monoisotopic (exact) mass is 382 g/mol. The van der Waals surface area contributed by atoms with Crippen molar-refractivity contribution < 1.29 is 19.1 Å². The molecule has 1 heterocycles. The van der Waals surface area contributed by atoms with Gasteiger partial charge < -0.3 is 14.8 Å². The van der Waals surface area contributed by atoms with E-state index in [1.807, 2.05) is 6.07 Å². The van der Waals surface area contributed by atoms with Crippen LogP contribution in [0.2, 0.25) is 0 Å². The number of hydrogen-bond acceptors (Lipinski definition) is 6. The van der Waals surface area contributed by atoms with Crippen molar-refractivity contribution in [1.29, 1.82) is 0 Å². The van der Waals surface area contributed by atoms with Crippen LogP contribution in [0.25, 0.3) is 0 Å². The van der Waals surface area contributed by atoms with Crippen molar-refractivity contribution in [3.63, 3.8) is 0 Å². The Morgan fingerprint density at radius 1 is 1.25 bits per heavy atom. The van der Waals surface area contributed by atoms with Crippen LogP contribution < -0.4 is 20.2 Å². The van der Waals surface area contributed by atoms with Gasteiger partial charge in [-0.3, -0.25) is 14.6 Å². The van der Waals surface area contributed by atoms with E-state index in [2.05, 4.69) is 27.4 Å². The highest BCUT2D eigenvalue weighted by molar-refractivity contribution is 5.97. The molecule has 0 saturated heterocycles. The van der Waals surface area contributed by atoms with Gasteiger partial charge in [-0.25, -0.2) is 5.43 Å². The first-order valence-corrected chi connectivity index (χ1v) is 8.51. The van der Waals surface area contributed by atoms with E-state index in [0.717, 1.165) is 5.56 Å². The predicted molar refractivity (Wildman–Crippen MR) is 105 cm³/mol. The van der Waals surface area contributed by atoms with Gasteiger partial charge in [-0.1, -0.05) is 18.7 Å². The molecule has 0 unspecified atom stereocenters. The zero-order valence-corrected chi connectivity index (χ0v) is 15.6. The fourth-order valence-electron chi connectivity index (χ4n) is 2.16. The van der Waals surface area contributed by atoms with E-state index >= 15 is 0 Å². The van der Waals surface area contributed by atoms with Gasteiger partial charge in [0.1, 0.15) is 13.0 Å². The maximum atomic E-state index is 11.8. The SMILES string of the molecule is C=CCOc1ccc(/C=N\NC(=O)CC(=O)NCc2cccnc2)cc1OC. The van der Waals surface area contributed by atoms with E-state index in [-0.39, 0.29) is 6.42 Å². The quantitative estimate of drug-likeness (QED) is 0.282. The lowest BCUT2D eigenvalue weighted by Crippen LogP contribution is -2.29. The third-order valence-electron chi connectivity index (χ3n) is 3.48. The molecule has 2 aromatic rings. The lowest BCUT2D eigenvalue weighted by molar-refractivity contribution is -0.129. The maximum absolute atomic E-state index is 11.8. The number of hydrogen-bond donors (Lipinski definition) is 2. The number of rotatable bonds is 10. The molecule has 0 aliphatic rings. The van der Waals surface area contributed by atoms with E-state index in [1.54, 1.807) is 42.7 Å². The minimum atomic E-state index is -0.516. The molecule has 2 amide bonds. The standard InChI is InChI=1S/C20H22N4O4/c1-3-9-28-17-7-6-15(10-18(17)27-2)14-23-24-20(26)11-19(25)22-13-16-5-4-8-21-12-16/h3-8,10,12,14H,1,9,11,13H2,2H3,(H,22,25)(H,24,26)/b23-14-. The van der Waals surface area contributed by atoms with Gasteiger partial charge in [0.2, 0.25) is 11.8 Å². The Morgan fingerprint density at radius 3 is 2.82 bits per heavy atom. The molecule has 0 atom stereocenters. The Balaban J connectivity index is 1.80. The second-order valence-electron chi connectivity index (χ2n) is 5.62. The number of ether oxygens (including phenoxy) is 2. The lowest BCUT2D eigenvalue weighted by Gasteiger charge is -2.09. The van der Waals surface area contributed by atoms with Crippen molar-refractivity contribution in [3.8, 4) is 11.5 Å². The largest absolute Gasteiger partial charge is 0.493 e. The minimum Gasteiger partial charge on any atom is -0.493 e. The summed E-state index contributed by atoms with van der Waals surface area (Å²) in [5.74, 6) is 0.195. The van der Waals surface area contributed by atoms with Crippen molar-refractivity contribution in [2.24, 2.45) is 5.10 Å². The highest BCUT2D eigenvalue weighted by atomic mass is 16.5. The molecular formula is C20H22N4O4. The Labute approximate surface area is 163 Å².